The quantitative estimate of drug-likeness (QED) is 0.218. The number of hydrogen-bond acceptors (Lipinski definition) is 9. The van der Waals surface area contributed by atoms with Crippen LogP contribution in [-0.4, -0.2) is 77.5 Å². The molecule has 4 N–H and O–H groups in total. The van der Waals surface area contributed by atoms with Crippen LogP contribution in [0.1, 0.15) is 29.8 Å². The number of nitrogens with one attached hydrogen (secondary N) is 4. The highest BCUT2D eigenvalue weighted by atomic mass is 35.5. The lowest BCUT2D eigenvalue weighted by molar-refractivity contribution is -0.154. The largest absolute Gasteiger partial charge is 0.454 e. The van der Waals surface area contributed by atoms with Crippen molar-refractivity contribution in [2.24, 2.45) is 5.41 Å². The first-order valence-corrected chi connectivity index (χ1v) is 13.6. The highest BCUT2D eigenvalue weighted by molar-refractivity contribution is 6.34. The molecule has 2 heterocycles. The fraction of sp³-hybridized carbons (Fsp3) is 0.357. The second kappa shape index (κ2) is 14.7. The summed E-state index contributed by atoms with van der Waals surface area (Å²) in [4.78, 5) is 49.6. The molecule has 236 valence electrons. The summed E-state index contributed by atoms with van der Waals surface area (Å²) < 4.78 is 43.0. The molecule has 2 aromatic heterocycles. The van der Waals surface area contributed by atoms with Crippen molar-refractivity contribution in [3.05, 3.63) is 64.8 Å². The molecule has 0 bridgehead atoms. The van der Waals surface area contributed by atoms with Gasteiger partial charge in [0.2, 0.25) is 0 Å². The minimum atomic E-state index is -4.59. The molecule has 0 unspecified atom stereocenters. The molecule has 0 saturated heterocycles. The molecule has 0 aliphatic rings. The first-order valence-electron chi connectivity index (χ1n) is 13.2. The van der Waals surface area contributed by atoms with Gasteiger partial charge in [-0.2, -0.15) is 23.1 Å². The molecular weight excluding hydrogens is 605 g/mol. The number of pyridine rings is 1. The zero-order valence-corrected chi connectivity index (χ0v) is 25.1. The van der Waals surface area contributed by atoms with E-state index in [4.69, 9.17) is 16.3 Å². The number of aromatic nitrogens is 3. The number of benzene rings is 1. The summed E-state index contributed by atoms with van der Waals surface area (Å²) in [5, 5.41) is 11.8. The van der Waals surface area contributed by atoms with E-state index in [1.807, 2.05) is 13.8 Å². The van der Waals surface area contributed by atoms with Crippen LogP contribution in [0.5, 0.6) is 6.01 Å². The average Bonchev–Trinajstić information content (AvgIpc) is 2.97. The van der Waals surface area contributed by atoms with Crippen molar-refractivity contribution in [3.63, 3.8) is 0 Å². The molecule has 0 radical (unpaired) electrons. The Morgan fingerprint density at radius 3 is 2.20 bits per heavy atom. The number of halogens is 4. The van der Waals surface area contributed by atoms with Gasteiger partial charge in [0.25, 0.3) is 5.91 Å². The fourth-order valence-electron chi connectivity index (χ4n) is 3.40. The second-order valence-corrected chi connectivity index (χ2v) is 11.0. The van der Waals surface area contributed by atoms with Gasteiger partial charge in [-0.25, -0.2) is 4.98 Å². The van der Waals surface area contributed by atoms with Crippen molar-refractivity contribution in [3.8, 4) is 6.01 Å². The number of anilines is 3. The lowest BCUT2D eigenvalue weighted by Crippen LogP contribution is -2.46. The summed E-state index contributed by atoms with van der Waals surface area (Å²) in [6.45, 7) is 2.68. The van der Waals surface area contributed by atoms with Gasteiger partial charge in [-0.05, 0) is 35.2 Å². The molecule has 12 nitrogen and oxygen atoms in total. The standard InChI is InChI=1S/C28H32ClF3N8O4/c1-27(2,15-36-24(42)25(43)40(3)4)14-35-23(41)18-7-10-20(34-13-18)37-22-11-21(33-12-17-5-8-19(29)9-6-17)38-26(39-22)44-16-28(30,31)32/h5-11,13H,12,14-16H2,1-4H3,(H,35,41)(H,36,42)(H2,33,34,37,38,39). The van der Waals surface area contributed by atoms with E-state index in [9.17, 15) is 27.6 Å². The van der Waals surface area contributed by atoms with Crippen molar-refractivity contribution in [2.75, 3.05) is 44.4 Å². The van der Waals surface area contributed by atoms with Crippen molar-refractivity contribution in [1.82, 2.24) is 30.5 Å². The number of hydrogen-bond donors (Lipinski definition) is 4. The molecule has 0 atom stereocenters. The van der Waals surface area contributed by atoms with E-state index in [-0.39, 0.29) is 36.1 Å². The van der Waals surface area contributed by atoms with Gasteiger partial charge in [0, 0.05) is 51.0 Å². The monoisotopic (exact) mass is 636 g/mol. The Hall–Kier alpha value is -4.66. The van der Waals surface area contributed by atoms with Gasteiger partial charge < -0.3 is 30.9 Å². The summed E-state index contributed by atoms with van der Waals surface area (Å²) in [6, 6.07) is 10.9. The number of carbonyl (C=O) groups excluding carboxylic acids is 3. The molecule has 0 fully saturated rings. The van der Waals surface area contributed by atoms with Gasteiger partial charge >= 0.3 is 24.0 Å². The Balaban J connectivity index is 1.63. The summed E-state index contributed by atoms with van der Waals surface area (Å²) in [5.74, 6) is -1.31. The topological polar surface area (TPSA) is 150 Å². The maximum absolute atomic E-state index is 12.7. The van der Waals surface area contributed by atoms with E-state index in [0.29, 0.717) is 11.6 Å². The van der Waals surface area contributed by atoms with Gasteiger partial charge in [-0.3, -0.25) is 14.4 Å². The van der Waals surface area contributed by atoms with Gasteiger partial charge in [0.05, 0.1) is 5.56 Å². The lowest BCUT2D eigenvalue weighted by Gasteiger charge is -2.25. The summed E-state index contributed by atoms with van der Waals surface area (Å²) >= 11 is 5.91. The molecule has 0 spiro atoms. The molecule has 0 aliphatic heterocycles. The third-order valence-corrected chi connectivity index (χ3v) is 6.05. The van der Waals surface area contributed by atoms with Crippen LogP contribution in [0.4, 0.5) is 30.6 Å². The molecule has 0 saturated carbocycles. The van der Waals surface area contributed by atoms with E-state index >= 15 is 0 Å². The van der Waals surface area contributed by atoms with Gasteiger partial charge in [0.15, 0.2) is 6.61 Å². The van der Waals surface area contributed by atoms with Crippen molar-refractivity contribution >= 4 is 46.8 Å². The van der Waals surface area contributed by atoms with Crippen LogP contribution in [0.15, 0.2) is 48.7 Å². The first kappa shape index (κ1) is 33.8. The van der Waals surface area contributed by atoms with Gasteiger partial charge in [-0.1, -0.05) is 37.6 Å². The van der Waals surface area contributed by atoms with Gasteiger partial charge in [-0.15, -0.1) is 0 Å². The molecule has 1 aromatic carbocycles. The number of likely N-dealkylation sites (N-methyl/N-ethyl adjacent to an activating group) is 1. The number of nitrogens with zero attached hydrogens (tertiary/aromatic N) is 4. The van der Waals surface area contributed by atoms with Crippen LogP contribution < -0.4 is 26.0 Å². The number of alkyl halides is 3. The smallest absolute Gasteiger partial charge is 0.422 e. The molecule has 3 aromatic rings. The minimum absolute atomic E-state index is 0.0945. The van der Waals surface area contributed by atoms with E-state index < -0.39 is 41.9 Å². The SMILES string of the molecule is CN(C)C(=O)C(=O)NCC(C)(C)CNC(=O)c1ccc(Nc2cc(NCc3ccc(Cl)cc3)nc(OCC(F)(F)F)n2)nc1. The van der Waals surface area contributed by atoms with Crippen LogP contribution in [0.25, 0.3) is 0 Å². The molecule has 3 rings (SSSR count). The number of amides is 3. The molecule has 3 amide bonds. The highest BCUT2D eigenvalue weighted by Gasteiger charge is 2.29. The third kappa shape index (κ3) is 11.2. The zero-order valence-electron chi connectivity index (χ0n) is 24.4. The Morgan fingerprint density at radius 1 is 0.932 bits per heavy atom. The maximum atomic E-state index is 12.7. The van der Waals surface area contributed by atoms with Crippen molar-refractivity contribution in [2.45, 2.75) is 26.6 Å². The van der Waals surface area contributed by atoms with Crippen LogP contribution in [0.3, 0.4) is 0 Å². The predicted octanol–water partition coefficient (Wildman–Crippen LogP) is 3.78. The van der Waals surface area contributed by atoms with Crippen LogP contribution in [0, 0.1) is 5.41 Å². The average molecular weight is 637 g/mol. The fourth-order valence-corrected chi connectivity index (χ4v) is 3.53. The third-order valence-electron chi connectivity index (χ3n) is 5.79. The molecular formula is C28H32ClF3N8O4. The lowest BCUT2D eigenvalue weighted by atomic mass is 9.93. The van der Waals surface area contributed by atoms with E-state index in [1.54, 1.807) is 24.3 Å². The number of ether oxygens (including phenoxy) is 1. The number of rotatable bonds is 12. The summed E-state index contributed by atoms with van der Waals surface area (Å²) in [5.41, 5.74) is 0.522. The van der Waals surface area contributed by atoms with Gasteiger partial charge in [0.1, 0.15) is 17.5 Å². The normalized spacial score (nSPS) is 11.4. The Morgan fingerprint density at radius 2 is 1.59 bits per heavy atom. The molecule has 0 aliphatic carbocycles. The summed E-state index contributed by atoms with van der Waals surface area (Å²) in [6.07, 6.45) is -3.28. The Labute approximate surface area is 256 Å². The number of carbonyl (C=O) groups is 3. The van der Waals surface area contributed by atoms with E-state index in [2.05, 4.69) is 36.2 Å². The highest BCUT2D eigenvalue weighted by Crippen LogP contribution is 2.22. The van der Waals surface area contributed by atoms with Crippen LogP contribution in [0.2, 0.25) is 5.02 Å². The zero-order chi connectivity index (χ0) is 32.5. The van der Waals surface area contributed by atoms with Crippen molar-refractivity contribution < 1.29 is 32.3 Å². The maximum Gasteiger partial charge on any atom is 0.422 e. The Kier molecular flexibility index (Phi) is 11.3. The Bertz CT molecular complexity index is 1450. The second-order valence-electron chi connectivity index (χ2n) is 10.6. The van der Waals surface area contributed by atoms with E-state index in [1.165, 1.54) is 43.4 Å². The molecule has 44 heavy (non-hydrogen) atoms. The predicted molar refractivity (Wildman–Crippen MR) is 158 cm³/mol. The minimum Gasteiger partial charge on any atom is -0.454 e. The van der Waals surface area contributed by atoms with Crippen LogP contribution in [-0.2, 0) is 16.1 Å². The van der Waals surface area contributed by atoms with E-state index in [0.717, 1.165) is 5.56 Å². The molecule has 16 heteroatoms. The van der Waals surface area contributed by atoms with Crippen LogP contribution >= 0.6 is 11.6 Å². The first-order chi connectivity index (χ1) is 20.6. The van der Waals surface area contributed by atoms with Crippen molar-refractivity contribution in [1.29, 1.82) is 0 Å². The summed E-state index contributed by atoms with van der Waals surface area (Å²) in [7, 11) is 2.94.